The third-order valence-electron chi connectivity index (χ3n) is 1.48. The first-order valence-corrected chi connectivity index (χ1v) is 3.06. The summed E-state index contributed by atoms with van der Waals surface area (Å²) in [4.78, 5) is 0. The van der Waals surface area contributed by atoms with Crippen LogP contribution in [-0.2, 0) is 6.54 Å². The van der Waals surface area contributed by atoms with Crippen LogP contribution in [0.4, 0.5) is 5.69 Å². The van der Waals surface area contributed by atoms with Gasteiger partial charge in [-0.25, -0.2) is 0 Å². The number of phenolic OH excluding ortho intramolecular Hbond substituents is 1. The van der Waals surface area contributed by atoms with Crippen LogP contribution >= 0.6 is 0 Å². The predicted molar refractivity (Wildman–Crippen MR) is 36.3 cm³/mol. The van der Waals surface area contributed by atoms with E-state index in [1.54, 1.807) is 18.2 Å². The molecule has 0 aliphatic carbocycles. The molecule has 0 bridgehead atoms. The van der Waals surface area contributed by atoms with Gasteiger partial charge < -0.3 is 5.11 Å². The van der Waals surface area contributed by atoms with Crippen LogP contribution in [0.25, 0.3) is 0 Å². The molecule has 1 N–H and O–H groups in total. The number of benzene rings is 1. The van der Waals surface area contributed by atoms with E-state index in [9.17, 15) is 0 Å². The van der Waals surface area contributed by atoms with E-state index in [0.29, 0.717) is 6.54 Å². The molecule has 0 fully saturated rings. The molecule has 50 valence electrons. The molecule has 0 saturated heterocycles. The molecule has 0 saturated carbocycles. The lowest BCUT2D eigenvalue weighted by Crippen LogP contribution is -1.74. The zero-order valence-corrected chi connectivity index (χ0v) is 5.28. The summed E-state index contributed by atoms with van der Waals surface area (Å²) in [6.07, 6.45) is 0. The van der Waals surface area contributed by atoms with Crippen molar-refractivity contribution in [3.05, 3.63) is 23.8 Å². The van der Waals surface area contributed by atoms with Gasteiger partial charge in [0.2, 0.25) is 0 Å². The maximum absolute atomic E-state index is 9.01. The highest BCUT2D eigenvalue weighted by atomic mass is 16.3. The van der Waals surface area contributed by atoms with Gasteiger partial charge in [-0.3, -0.25) is 0 Å². The highest BCUT2D eigenvalue weighted by molar-refractivity contribution is 5.50. The zero-order chi connectivity index (χ0) is 6.97. The fourth-order valence-electron chi connectivity index (χ4n) is 0.984. The monoisotopic (exact) mass is 134 g/mol. The Morgan fingerprint density at radius 3 is 3.20 bits per heavy atom. The molecule has 1 aromatic rings. The number of aromatic hydroxyl groups is 1. The van der Waals surface area contributed by atoms with Gasteiger partial charge in [-0.1, -0.05) is 0 Å². The average Bonchev–Trinajstić information content (AvgIpc) is 2.33. The molecule has 0 atom stereocenters. The normalized spacial score (nSPS) is 13.6. The van der Waals surface area contributed by atoms with Gasteiger partial charge in [0.15, 0.2) is 0 Å². The SMILES string of the molecule is Oc1ccc2c(c1)CN=N2. The Bertz CT molecular complexity index is 294. The molecule has 0 amide bonds. The topological polar surface area (TPSA) is 45.0 Å². The minimum Gasteiger partial charge on any atom is -0.508 e. The first-order chi connectivity index (χ1) is 4.86. The van der Waals surface area contributed by atoms with Crippen LogP contribution in [0.3, 0.4) is 0 Å². The average molecular weight is 134 g/mol. The first kappa shape index (κ1) is 5.41. The van der Waals surface area contributed by atoms with Gasteiger partial charge in [0.25, 0.3) is 0 Å². The molecule has 10 heavy (non-hydrogen) atoms. The van der Waals surface area contributed by atoms with Crippen LogP contribution in [0.1, 0.15) is 5.56 Å². The Morgan fingerprint density at radius 2 is 2.30 bits per heavy atom. The van der Waals surface area contributed by atoms with Crippen LogP contribution in [0.5, 0.6) is 5.75 Å². The van der Waals surface area contributed by atoms with Gasteiger partial charge in [-0.05, 0) is 18.2 Å². The summed E-state index contributed by atoms with van der Waals surface area (Å²) in [7, 11) is 0. The zero-order valence-electron chi connectivity index (χ0n) is 5.28. The third-order valence-corrected chi connectivity index (χ3v) is 1.48. The van der Waals surface area contributed by atoms with Crippen molar-refractivity contribution >= 4 is 5.69 Å². The van der Waals surface area contributed by atoms with E-state index in [-0.39, 0.29) is 5.75 Å². The number of hydrogen-bond donors (Lipinski definition) is 1. The lowest BCUT2D eigenvalue weighted by molar-refractivity contribution is 0.475. The van der Waals surface area contributed by atoms with E-state index < -0.39 is 0 Å². The van der Waals surface area contributed by atoms with Crippen molar-refractivity contribution in [1.29, 1.82) is 0 Å². The number of phenols is 1. The fraction of sp³-hybridized carbons (Fsp3) is 0.143. The molecule has 0 spiro atoms. The number of hydrogen-bond acceptors (Lipinski definition) is 3. The molecule has 3 nitrogen and oxygen atoms in total. The van der Waals surface area contributed by atoms with Gasteiger partial charge in [-0.2, -0.15) is 10.2 Å². The molecule has 2 rings (SSSR count). The smallest absolute Gasteiger partial charge is 0.116 e. The van der Waals surface area contributed by atoms with Crippen LogP contribution in [0.2, 0.25) is 0 Å². The standard InChI is InChI=1S/C7H6N2O/c10-6-1-2-7-5(3-6)4-8-9-7/h1-3,10H,4H2. The summed E-state index contributed by atoms with van der Waals surface area (Å²) >= 11 is 0. The number of nitrogens with zero attached hydrogens (tertiary/aromatic N) is 2. The number of azo groups is 1. The minimum atomic E-state index is 0.283. The molecule has 1 aliphatic rings. The van der Waals surface area contributed by atoms with Gasteiger partial charge in [-0.15, -0.1) is 0 Å². The maximum atomic E-state index is 9.01. The molecular formula is C7H6N2O. The van der Waals surface area contributed by atoms with Crippen molar-refractivity contribution < 1.29 is 5.11 Å². The van der Waals surface area contributed by atoms with Crippen LogP contribution < -0.4 is 0 Å². The van der Waals surface area contributed by atoms with Crippen molar-refractivity contribution in [2.24, 2.45) is 10.2 Å². The summed E-state index contributed by atoms with van der Waals surface area (Å²) in [5.74, 6) is 0.283. The summed E-state index contributed by atoms with van der Waals surface area (Å²) in [5.41, 5.74) is 1.87. The molecule has 0 unspecified atom stereocenters. The van der Waals surface area contributed by atoms with E-state index >= 15 is 0 Å². The molecule has 3 heteroatoms. The highest BCUT2D eigenvalue weighted by Crippen LogP contribution is 2.29. The summed E-state index contributed by atoms with van der Waals surface area (Å²) in [5, 5.41) is 16.7. The lowest BCUT2D eigenvalue weighted by Gasteiger charge is -1.93. The number of rotatable bonds is 0. The first-order valence-electron chi connectivity index (χ1n) is 3.06. The second kappa shape index (κ2) is 1.80. The Morgan fingerprint density at radius 1 is 1.40 bits per heavy atom. The number of fused-ring (bicyclic) bond motifs is 1. The van der Waals surface area contributed by atoms with Crippen LogP contribution in [0, 0.1) is 0 Å². The Labute approximate surface area is 58.0 Å². The van der Waals surface area contributed by atoms with Crippen molar-refractivity contribution in [1.82, 2.24) is 0 Å². The Hall–Kier alpha value is -1.38. The van der Waals surface area contributed by atoms with Crippen molar-refractivity contribution in [3.8, 4) is 5.75 Å². The highest BCUT2D eigenvalue weighted by Gasteiger charge is 2.06. The third kappa shape index (κ3) is 0.673. The molecule has 1 aliphatic heterocycles. The van der Waals surface area contributed by atoms with Crippen molar-refractivity contribution in [2.75, 3.05) is 0 Å². The van der Waals surface area contributed by atoms with E-state index in [2.05, 4.69) is 10.2 Å². The second-order valence-corrected chi connectivity index (χ2v) is 2.21. The lowest BCUT2D eigenvalue weighted by atomic mass is 10.2. The van der Waals surface area contributed by atoms with Gasteiger partial charge in [0, 0.05) is 5.56 Å². The van der Waals surface area contributed by atoms with Gasteiger partial charge >= 0.3 is 0 Å². The molecule has 0 radical (unpaired) electrons. The van der Waals surface area contributed by atoms with E-state index in [1.807, 2.05) is 0 Å². The Balaban J connectivity index is 2.59. The largest absolute Gasteiger partial charge is 0.508 e. The Kier molecular flexibility index (Phi) is 0.974. The molecule has 1 heterocycles. The van der Waals surface area contributed by atoms with Gasteiger partial charge in [0.1, 0.15) is 5.75 Å². The molecular weight excluding hydrogens is 128 g/mol. The maximum Gasteiger partial charge on any atom is 0.116 e. The molecule has 0 aromatic heterocycles. The van der Waals surface area contributed by atoms with Gasteiger partial charge in [0.05, 0.1) is 12.2 Å². The van der Waals surface area contributed by atoms with E-state index in [0.717, 1.165) is 11.3 Å². The predicted octanol–water partition coefficient (Wildman–Crippen LogP) is 1.99. The minimum absolute atomic E-state index is 0.283. The quantitative estimate of drug-likeness (QED) is 0.579. The summed E-state index contributed by atoms with van der Waals surface area (Å²) in [6, 6.07) is 5.07. The van der Waals surface area contributed by atoms with E-state index in [4.69, 9.17) is 5.11 Å². The fourth-order valence-corrected chi connectivity index (χ4v) is 0.984. The van der Waals surface area contributed by atoms with Crippen LogP contribution in [0.15, 0.2) is 28.4 Å². The summed E-state index contributed by atoms with van der Waals surface area (Å²) in [6.45, 7) is 0.601. The van der Waals surface area contributed by atoms with Crippen molar-refractivity contribution in [2.45, 2.75) is 6.54 Å². The van der Waals surface area contributed by atoms with Crippen LogP contribution in [-0.4, -0.2) is 5.11 Å². The van der Waals surface area contributed by atoms with E-state index in [1.165, 1.54) is 0 Å². The summed E-state index contributed by atoms with van der Waals surface area (Å²) < 4.78 is 0. The van der Waals surface area contributed by atoms with Crippen molar-refractivity contribution in [3.63, 3.8) is 0 Å². The molecule has 1 aromatic carbocycles. The second-order valence-electron chi connectivity index (χ2n) is 2.21.